The second kappa shape index (κ2) is 4.11. The number of ether oxygens (including phenoxy) is 1. The lowest BCUT2D eigenvalue weighted by atomic mass is 10.1. The number of hydrogen-bond acceptors (Lipinski definition) is 2. The summed E-state index contributed by atoms with van der Waals surface area (Å²) in [5.74, 6) is -0.200. The van der Waals surface area contributed by atoms with Gasteiger partial charge in [-0.05, 0) is 31.0 Å². The van der Waals surface area contributed by atoms with E-state index in [0.717, 1.165) is 36.0 Å². The first-order valence-corrected chi connectivity index (χ1v) is 6.04. The Bertz CT molecular complexity index is 544. The van der Waals surface area contributed by atoms with Crippen molar-refractivity contribution in [2.75, 3.05) is 13.2 Å². The highest BCUT2D eigenvalue weighted by Gasteiger charge is 2.21. The molecule has 0 amide bonds. The van der Waals surface area contributed by atoms with Crippen LogP contribution in [0.4, 0.5) is 4.39 Å². The van der Waals surface area contributed by atoms with Gasteiger partial charge in [-0.1, -0.05) is 6.92 Å². The van der Waals surface area contributed by atoms with Crippen LogP contribution in [0.3, 0.4) is 0 Å². The summed E-state index contributed by atoms with van der Waals surface area (Å²) in [5.41, 5.74) is 1.98. The predicted octanol–water partition coefficient (Wildman–Crippen LogP) is 2.70. The summed E-state index contributed by atoms with van der Waals surface area (Å²) < 4.78 is 20.7. The third kappa shape index (κ3) is 1.72. The van der Waals surface area contributed by atoms with Crippen molar-refractivity contribution in [1.82, 2.24) is 9.78 Å². The Morgan fingerprint density at radius 2 is 2.41 bits per heavy atom. The topological polar surface area (TPSA) is 27.1 Å². The van der Waals surface area contributed by atoms with Gasteiger partial charge in [0.1, 0.15) is 5.82 Å². The fourth-order valence-corrected chi connectivity index (χ4v) is 2.43. The summed E-state index contributed by atoms with van der Waals surface area (Å²) in [5, 5.41) is 5.53. The van der Waals surface area contributed by atoms with E-state index in [1.165, 1.54) is 6.07 Å². The van der Waals surface area contributed by atoms with E-state index in [9.17, 15) is 4.39 Å². The van der Waals surface area contributed by atoms with Gasteiger partial charge in [-0.15, -0.1) is 0 Å². The van der Waals surface area contributed by atoms with Crippen LogP contribution in [0.5, 0.6) is 0 Å². The maximum Gasteiger partial charge on any atom is 0.124 e. The molecule has 1 fully saturated rings. The zero-order chi connectivity index (χ0) is 11.8. The lowest BCUT2D eigenvalue weighted by Crippen LogP contribution is -2.10. The van der Waals surface area contributed by atoms with Gasteiger partial charge < -0.3 is 4.74 Å². The molecular weight excluding hydrogens is 219 g/mol. The molecular formula is C13H15FN2O. The van der Waals surface area contributed by atoms with Crippen molar-refractivity contribution < 1.29 is 9.13 Å². The molecule has 1 aliphatic rings. The van der Waals surface area contributed by atoms with E-state index in [1.807, 2.05) is 17.7 Å². The van der Waals surface area contributed by atoms with Crippen LogP contribution in [-0.2, 0) is 11.2 Å². The molecule has 4 heteroatoms. The lowest BCUT2D eigenvalue weighted by Gasteiger charge is -2.09. The number of halogens is 1. The SMILES string of the molecule is CCc1nn(C2CCOC2)c2ccc(F)cc12. The van der Waals surface area contributed by atoms with Crippen LogP contribution in [0.25, 0.3) is 10.9 Å². The average molecular weight is 234 g/mol. The van der Waals surface area contributed by atoms with Crippen molar-refractivity contribution in [3.05, 3.63) is 29.7 Å². The molecule has 0 saturated carbocycles. The molecule has 1 aromatic carbocycles. The van der Waals surface area contributed by atoms with Crippen molar-refractivity contribution in [2.24, 2.45) is 0 Å². The lowest BCUT2D eigenvalue weighted by molar-refractivity contribution is 0.185. The van der Waals surface area contributed by atoms with E-state index in [-0.39, 0.29) is 5.82 Å². The number of aryl methyl sites for hydroxylation is 1. The normalized spacial score (nSPS) is 20.2. The zero-order valence-corrected chi connectivity index (χ0v) is 9.82. The molecule has 1 aromatic heterocycles. The minimum atomic E-state index is -0.200. The molecule has 1 aliphatic heterocycles. The Balaban J connectivity index is 2.17. The number of rotatable bonds is 2. The number of benzene rings is 1. The van der Waals surface area contributed by atoms with Crippen molar-refractivity contribution in [2.45, 2.75) is 25.8 Å². The Labute approximate surface area is 99.2 Å². The van der Waals surface area contributed by atoms with Gasteiger partial charge in [-0.25, -0.2) is 4.39 Å². The van der Waals surface area contributed by atoms with Crippen molar-refractivity contribution in [3.63, 3.8) is 0 Å². The molecule has 0 radical (unpaired) electrons. The quantitative estimate of drug-likeness (QED) is 0.798. The Kier molecular flexibility index (Phi) is 2.59. The molecule has 1 atom stereocenters. The maximum atomic E-state index is 13.3. The van der Waals surface area contributed by atoms with Gasteiger partial charge in [0.05, 0.1) is 23.9 Å². The summed E-state index contributed by atoms with van der Waals surface area (Å²) >= 11 is 0. The van der Waals surface area contributed by atoms with Gasteiger partial charge in [0.15, 0.2) is 0 Å². The van der Waals surface area contributed by atoms with E-state index in [4.69, 9.17) is 4.74 Å². The summed E-state index contributed by atoms with van der Waals surface area (Å²) in [4.78, 5) is 0. The van der Waals surface area contributed by atoms with E-state index in [0.29, 0.717) is 12.6 Å². The molecule has 3 nitrogen and oxygen atoms in total. The van der Waals surface area contributed by atoms with E-state index < -0.39 is 0 Å². The molecule has 0 aliphatic carbocycles. The molecule has 1 unspecified atom stereocenters. The van der Waals surface area contributed by atoms with Gasteiger partial charge in [0.2, 0.25) is 0 Å². The molecule has 1 saturated heterocycles. The van der Waals surface area contributed by atoms with Crippen molar-refractivity contribution >= 4 is 10.9 Å². The maximum absolute atomic E-state index is 13.3. The predicted molar refractivity (Wildman–Crippen MR) is 63.5 cm³/mol. The third-order valence-electron chi connectivity index (χ3n) is 3.33. The average Bonchev–Trinajstić information content (AvgIpc) is 2.94. The first-order valence-electron chi connectivity index (χ1n) is 6.04. The minimum absolute atomic E-state index is 0.200. The van der Waals surface area contributed by atoms with Crippen LogP contribution in [0, 0.1) is 5.82 Å². The highest BCUT2D eigenvalue weighted by Crippen LogP contribution is 2.27. The monoisotopic (exact) mass is 234 g/mol. The first kappa shape index (κ1) is 10.7. The smallest absolute Gasteiger partial charge is 0.124 e. The second-order valence-corrected chi connectivity index (χ2v) is 4.42. The molecule has 90 valence electrons. The Morgan fingerprint density at radius 3 is 3.12 bits per heavy atom. The molecule has 3 rings (SSSR count). The van der Waals surface area contributed by atoms with Crippen molar-refractivity contribution in [1.29, 1.82) is 0 Å². The van der Waals surface area contributed by atoms with Crippen LogP contribution in [-0.4, -0.2) is 23.0 Å². The van der Waals surface area contributed by atoms with Crippen LogP contribution >= 0.6 is 0 Å². The molecule has 0 spiro atoms. The van der Waals surface area contributed by atoms with Crippen LogP contribution in [0.2, 0.25) is 0 Å². The van der Waals surface area contributed by atoms with Crippen LogP contribution < -0.4 is 0 Å². The fraction of sp³-hybridized carbons (Fsp3) is 0.462. The number of nitrogens with zero attached hydrogens (tertiary/aromatic N) is 2. The van der Waals surface area contributed by atoms with Crippen molar-refractivity contribution in [3.8, 4) is 0 Å². The number of fused-ring (bicyclic) bond motifs is 1. The number of hydrogen-bond donors (Lipinski definition) is 0. The standard InChI is InChI=1S/C13H15FN2O/c1-2-12-11-7-9(14)3-4-13(11)16(15-12)10-5-6-17-8-10/h3-4,7,10H,2,5-6,8H2,1H3. The van der Waals surface area contributed by atoms with E-state index in [2.05, 4.69) is 5.10 Å². The highest BCUT2D eigenvalue weighted by atomic mass is 19.1. The van der Waals surface area contributed by atoms with E-state index in [1.54, 1.807) is 6.07 Å². The van der Waals surface area contributed by atoms with Gasteiger partial charge in [0, 0.05) is 12.0 Å². The third-order valence-corrected chi connectivity index (χ3v) is 3.33. The Hall–Kier alpha value is -1.42. The highest BCUT2D eigenvalue weighted by molar-refractivity contribution is 5.82. The fourth-order valence-electron chi connectivity index (χ4n) is 2.43. The second-order valence-electron chi connectivity index (χ2n) is 4.42. The molecule has 0 N–H and O–H groups in total. The van der Waals surface area contributed by atoms with Gasteiger partial charge in [-0.3, -0.25) is 4.68 Å². The molecule has 0 bridgehead atoms. The van der Waals surface area contributed by atoms with E-state index >= 15 is 0 Å². The summed E-state index contributed by atoms with van der Waals surface area (Å²) in [6, 6.07) is 5.18. The molecule has 2 aromatic rings. The minimum Gasteiger partial charge on any atom is -0.379 e. The van der Waals surface area contributed by atoms with Crippen LogP contribution in [0.15, 0.2) is 18.2 Å². The van der Waals surface area contributed by atoms with Gasteiger partial charge in [-0.2, -0.15) is 5.10 Å². The summed E-state index contributed by atoms with van der Waals surface area (Å²) in [7, 11) is 0. The summed E-state index contributed by atoms with van der Waals surface area (Å²) in [6.07, 6.45) is 1.80. The van der Waals surface area contributed by atoms with Gasteiger partial charge in [0.25, 0.3) is 0 Å². The number of aromatic nitrogens is 2. The zero-order valence-electron chi connectivity index (χ0n) is 9.82. The first-order chi connectivity index (χ1) is 8.29. The van der Waals surface area contributed by atoms with Gasteiger partial charge >= 0.3 is 0 Å². The summed E-state index contributed by atoms with van der Waals surface area (Å²) in [6.45, 7) is 3.54. The largest absolute Gasteiger partial charge is 0.379 e. The Morgan fingerprint density at radius 1 is 1.53 bits per heavy atom. The molecule has 2 heterocycles. The van der Waals surface area contributed by atoms with Crippen LogP contribution in [0.1, 0.15) is 25.1 Å². The molecule has 17 heavy (non-hydrogen) atoms.